The van der Waals surface area contributed by atoms with Crippen molar-refractivity contribution in [3.8, 4) is 0 Å². The number of hydrogen-bond acceptors (Lipinski definition) is 3. The van der Waals surface area contributed by atoms with Crippen LogP contribution in [0, 0.1) is 0 Å². The molecule has 0 spiro atoms. The summed E-state index contributed by atoms with van der Waals surface area (Å²) < 4.78 is 1.97. The summed E-state index contributed by atoms with van der Waals surface area (Å²) in [6.07, 6.45) is 2.23. The Bertz CT molecular complexity index is 463. The van der Waals surface area contributed by atoms with E-state index in [2.05, 4.69) is 57.6 Å². The molecule has 1 heterocycles. The van der Waals surface area contributed by atoms with E-state index in [1.807, 2.05) is 4.68 Å². The Labute approximate surface area is 129 Å². The number of carbonyl (C=O) groups excluding carboxylic acids is 1. The lowest BCUT2D eigenvalue weighted by Gasteiger charge is -2.38. The maximum Gasteiger partial charge on any atom is 0.158 e. The first-order valence-corrected chi connectivity index (χ1v) is 8.30. The van der Waals surface area contributed by atoms with Crippen molar-refractivity contribution in [2.75, 3.05) is 13.1 Å². The number of likely N-dealkylation sites (N-methyl/N-ethyl adjacent to an activating group) is 1. The molecule has 0 aliphatic carbocycles. The van der Waals surface area contributed by atoms with Crippen molar-refractivity contribution in [2.45, 2.75) is 72.9 Å². The summed E-state index contributed by atoms with van der Waals surface area (Å²) in [5.74, 6) is 0.297. The van der Waals surface area contributed by atoms with Gasteiger partial charge in [-0.2, -0.15) is 5.10 Å². The molecule has 1 aromatic heterocycles. The average molecular weight is 293 g/mol. The molecule has 4 heteroatoms. The number of aromatic nitrogens is 2. The molecule has 1 aromatic rings. The lowest BCUT2D eigenvalue weighted by atomic mass is 9.88. The van der Waals surface area contributed by atoms with Crippen molar-refractivity contribution in [1.29, 1.82) is 0 Å². The Morgan fingerprint density at radius 1 is 1.24 bits per heavy atom. The van der Waals surface area contributed by atoms with Gasteiger partial charge in [-0.15, -0.1) is 0 Å². The standard InChI is InChI=1S/C17H31N3O/c1-7-14-12-15(20(11-5)18-14)13-16(21)17(6,8-2)19(9-3)10-4/h12H,7-11,13H2,1-6H3. The zero-order chi connectivity index (χ0) is 16.0. The first kappa shape index (κ1) is 17.9. The van der Waals surface area contributed by atoms with E-state index in [0.717, 1.165) is 43.9 Å². The van der Waals surface area contributed by atoms with E-state index in [1.54, 1.807) is 0 Å². The van der Waals surface area contributed by atoms with E-state index < -0.39 is 0 Å². The van der Waals surface area contributed by atoms with Gasteiger partial charge in [-0.1, -0.05) is 27.7 Å². The fourth-order valence-electron chi connectivity index (χ4n) is 2.98. The highest BCUT2D eigenvalue weighted by Crippen LogP contribution is 2.23. The Morgan fingerprint density at radius 3 is 2.29 bits per heavy atom. The van der Waals surface area contributed by atoms with Gasteiger partial charge in [0, 0.05) is 12.2 Å². The zero-order valence-corrected chi connectivity index (χ0v) is 14.6. The molecule has 0 saturated carbocycles. The van der Waals surface area contributed by atoms with E-state index in [1.165, 1.54) is 0 Å². The van der Waals surface area contributed by atoms with Gasteiger partial charge in [0.1, 0.15) is 0 Å². The van der Waals surface area contributed by atoms with E-state index in [-0.39, 0.29) is 5.54 Å². The number of rotatable bonds is 9. The van der Waals surface area contributed by atoms with Crippen molar-refractivity contribution >= 4 is 5.78 Å². The molecule has 0 aromatic carbocycles. The van der Waals surface area contributed by atoms with Gasteiger partial charge in [-0.05, 0) is 45.8 Å². The second-order valence-electron chi connectivity index (χ2n) is 5.70. The van der Waals surface area contributed by atoms with Gasteiger partial charge in [0.25, 0.3) is 0 Å². The van der Waals surface area contributed by atoms with Crippen LogP contribution in [0.3, 0.4) is 0 Å². The highest BCUT2D eigenvalue weighted by Gasteiger charge is 2.36. The maximum atomic E-state index is 12.9. The van der Waals surface area contributed by atoms with Gasteiger partial charge in [0.05, 0.1) is 17.7 Å². The third-order valence-electron chi connectivity index (χ3n) is 4.67. The Kier molecular flexibility index (Phi) is 6.59. The van der Waals surface area contributed by atoms with Crippen LogP contribution in [0.2, 0.25) is 0 Å². The summed E-state index contributed by atoms with van der Waals surface area (Å²) >= 11 is 0. The molecular weight excluding hydrogens is 262 g/mol. The van der Waals surface area contributed by atoms with Gasteiger partial charge in [-0.25, -0.2) is 0 Å². The quantitative estimate of drug-likeness (QED) is 0.702. The van der Waals surface area contributed by atoms with E-state index in [4.69, 9.17) is 0 Å². The minimum absolute atomic E-state index is 0.297. The molecular formula is C17H31N3O. The number of Topliss-reactive ketones (excluding diaryl/α,β-unsaturated/α-hetero) is 1. The van der Waals surface area contributed by atoms with E-state index in [0.29, 0.717) is 12.2 Å². The van der Waals surface area contributed by atoms with Gasteiger partial charge in [0.15, 0.2) is 5.78 Å². The lowest BCUT2D eigenvalue weighted by Crippen LogP contribution is -2.52. The molecule has 0 amide bonds. The summed E-state index contributed by atoms with van der Waals surface area (Å²) in [6, 6.07) is 2.08. The number of hydrogen-bond donors (Lipinski definition) is 0. The fraction of sp³-hybridized carbons (Fsp3) is 0.765. The zero-order valence-electron chi connectivity index (χ0n) is 14.6. The molecule has 120 valence electrons. The van der Waals surface area contributed by atoms with Crippen molar-refractivity contribution in [2.24, 2.45) is 0 Å². The minimum Gasteiger partial charge on any atom is -0.297 e. The second kappa shape index (κ2) is 7.74. The van der Waals surface area contributed by atoms with Crippen LogP contribution in [0.5, 0.6) is 0 Å². The van der Waals surface area contributed by atoms with Crippen LogP contribution in [-0.2, 0) is 24.2 Å². The molecule has 0 fully saturated rings. The first-order valence-electron chi connectivity index (χ1n) is 8.30. The molecule has 0 aliphatic rings. The van der Waals surface area contributed by atoms with E-state index >= 15 is 0 Å². The first-order chi connectivity index (χ1) is 9.96. The van der Waals surface area contributed by atoms with Gasteiger partial charge in [0.2, 0.25) is 0 Å². The molecule has 1 rings (SSSR count). The lowest BCUT2D eigenvalue weighted by molar-refractivity contribution is -0.130. The molecule has 4 nitrogen and oxygen atoms in total. The molecule has 1 unspecified atom stereocenters. The van der Waals surface area contributed by atoms with Crippen molar-refractivity contribution in [1.82, 2.24) is 14.7 Å². The second-order valence-corrected chi connectivity index (χ2v) is 5.70. The number of nitrogens with zero attached hydrogens (tertiary/aromatic N) is 3. The molecule has 0 saturated heterocycles. The van der Waals surface area contributed by atoms with Crippen LogP contribution in [0.15, 0.2) is 6.07 Å². The Morgan fingerprint density at radius 2 is 1.86 bits per heavy atom. The monoisotopic (exact) mass is 293 g/mol. The predicted molar refractivity (Wildman–Crippen MR) is 87.6 cm³/mol. The van der Waals surface area contributed by atoms with Gasteiger partial charge < -0.3 is 0 Å². The summed E-state index contributed by atoms with van der Waals surface area (Å²) in [7, 11) is 0. The van der Waals surface area contributed by atoms with Crippen LogP contribution in [-0.4, -0.2) is 39.1 Å². The van der Waals surface area contributed by atoms with Crippen molar-refractivity contribution < 1.29 is 4.79 Å². The van der Waals surface area contributed by atoms with Gasteiger partial charge in [-0.3, -0.25) is 14.4 Å². The van der Waals surface area contributed by atoms with Crippen LogP contribution in [0.25, 0.3) is 0 Å². The van der Waals surface area contributed by atoms with Crippen molar-refractivity contribution in [3.63, 3.8) is 0 Å². The maximum absolute atomic E-state index is 12.9. The summed E-state index contributed by atoms with van der Waals surface area (Å²) in [6.45, 7) is 15.2. The highest BCUT2D eigenvalue weighted by molar-refractivity contribution is 5.89. The van der Waals surface area contributed by atoms with Crippen molar-refractivity contribution in [3.05, 3.63) is 17.5 Å². The highest BCUT2D eigenvalue weighted by atomic mass is 16.1. The third kappa shape index (κ3) is 3.73. The average Bonchev–Trinajstić information content (AvgIpc) is 2.90. The van der Waals surface area contributed by atoms with Crippen LogP contribution in [0.1, 0.15) is 59.4 Å². The molecule has 21 heavy (non-hydrogen) atoms. The summed E-state index contributed by atoms with van der Waals surface area (Å²) in [4.78, 5) is 15.2. The molecule has 0 aliphatic heterocycles. The van der Waals surface area contributed by atoms with Gasteiger partial charge >= 0.3 is 0 Å². The van der Waals surface area contributed by atoms with Crippen LogP contribution in [0.4, 0.5) is 0 Å². The number of carbonyl (C=O) groups is 1. The van der Waals surface area contributed by atoms with E-state index in [9.17, 15) is 4.79 Å². The molecule has 1 atom stereocenters. The Balaban J connectivity index is 3.00. The normalized spacial score (nSPS) is 14.4. The summed E-state index contributed by atoms with van der Waals surface area (Å²) in [5, 5.41) is 4.54. The topological polar surface area (TPSA) is 38.1 Å². The third-order valence-corrected chi connectivity index (χ3v) is 4.67. The molecule has 0 radical (unpaired) electrons. The minimum atomic E-state index is -0.376. The Hall–Kier alpha value is -1.16. The summed E-state index contributed by atoms with van der Waals surface area (Å²) in [5.41, 5.74) is 1.74. The number of ketones is 1. The van der Waals surface area contributed by atoms with Crippen LogP contribution >= 0.6 is 0 Å². The number of aryl methyl sites for hydroxylation is 2. The molecule has 0 N–H and O–H groups in total. The molecule has 0 bridgehead atoms. The SMILES string of the molecule is CCc1cc(CC(=O)C(C)(CC)N(CC)CC)n(CC)n1. The van der Waals surface area contributed by atoms with Crippen LogP contribution < -0.4 is 0 Å². The fourth-order valence-corrected chi connectivity index (χ4v) is 2.98. The largest absolute Gasteiger partial charge is 0.297 e. The predicted octanol–water partition coefficient (Wildman–Crippen LogP) is 3.09. The smallest absolute Gasteiger partial charge is 0.158 e.